The second-order valence-corrected chi connectivity index (χ2v) is 3.66. The number of carbonyl (C=O) groups is 1. The van der Waals surface area contributed by atoms with Gasteiger partial charge in [-0.1, -0.05) is 18.2 Å². The lowest BCUT2D eigenvalue weighted by Crippen LogP contribution is -2.28. The molecule has 2 atom stereocenters. The lowest BCUT2D eigenvalue weighted by Gasteiger charge is -2.24. The number of ether oxygens (including phenoxy) is 3. The van der Waals surface area contributed by atoms with E-state index in [1.165, 1.54) is 13.2 Å². The monoisotopic (exact) mass is 257 g/mol. The van der Waals surface area contributed by atoms with Crippen LogP contribution >= 0.6 is 0 Å². The van der Waals surface area contributed by atoms with Crippen LogP contribution in [0.4, 0.5) is 9.18 Å². The van der Waals surface area contributed by atoms with Crippen molar-refractivity contribution in [1.82, 2.24) is 0 Å². The van der Waals surface area contributed by atoms with Gasteiger partial charge in [0, 0.05) is 12.7 Å². The normalized spacial score (nSPS) is 13.9. The lowest BCUT2D eigenvalue weighted by molar-refractivity contribution is -0.112. The third-order valence-corrected chi connectivity index (χ3v) is 2.31. The standard InChI is InChI=1S/C12H16FNO4/c1-8(18-12(14)15)11(17-7-16-2)9-5-3-4-6-10(9)13/h3-6,8,11H,7H2,1-2H3,(H2,14,15)/t8-,11+/m1/s1. The number of carbonyl (C=O) groups excluding carboxylic acids is 1. The fourth-order valence-corrected chi connectivity index (χ4v) is 1.57. The van der Waals surface area contributed by atoms with E-state index in [-0.39, 0.29) is 12.4 Å². The van der Waals surface area contributed by atoms with Crippen LogP contribution in [0.1, 0.15) is 18.6 Å². The molecule has 2 N–H and O–H groups in total. The zero-order valence-corrected chi connectivity index (χ0v) is 10.3. The number of benzene rings is 1. The molecule has 5 nitrogen and oxygen atoms in total. The van der Waals surface area contributed by atoms with Crippen molar-refractivity contribution in [3.05, 3.63) is 35.6 Å². The first-order chi connectivity index (χ1) is 8.56. The van der Waals surface area contributed by atoms with E-state index in [0.29, 0.717) is 0 Å². The summed E-state index contributed by atoms with van der Waals surface area (Å²) < 4.78 is 28.6. The van der Waals surface area contributed by atoms with Gasteiger partial charge in [-0.2, -0.15) is 0 Å². The van der Waals surface area contributed by atoms with Crippen molar-refractivity contribution < 1.29 is 23.4 Å². The van der Waals surface area contributed by atoms with Crippen molar-refractivity contribution in [3.63, 3.8) is 0 Å². The Bertz CT molecular complexity index is 399. The highest BCUT2D eigenvalue weighted by Gasteiger charge is 2.25. The zero-order chi connectivity index (χ0) is 13.5. The van der Waals surface area contributed by atoms with E-state index < -0.39 is 24.1 Å². The summed E-state index contributed by atoms with van der Waals surface area (Å²) in [6, 6.07) is 6.08. The maximum Gasteiger partial charge on any atom is 0.404 e. The summed E-state index contributed by atoms with van der Waals surface area (Å²) in [6.07, 6.45) is -2.45. The van der Waals surface area contributed by atoms with Gasteiger partial charge in [-0.25, -0.2) is 9.18 Å². The molecule has 0 unspecified atom stereocenters. The molecule has 100 valence electrons. The van der Waals surface area contributed by atoms with Crippen LogP contribution in [0, 0.1) is 5.82 Å². The van der Waals surface area contributed by atoms with Gasteiger partial charge in [0.15, 0.2) is 0 Å². The number of hydrogen-bond donors (Lipinski definition) is 1. The number of primary amides is 1. The highest BCUT2D eigenvalue weighted by Crippen LogP contribution is 2.25. The molecule has 18 heavy (non-hydrogen) atoms. The molecule has 0 heterocycles. The quantitative estimate of drug-likeness (QED) is 0.791. The molecule has 0 aliphatic carbocycles. The van der Waals surface area contributed by atoms with E-state index in [0.717, 1.165) is 0 Å². The Hall–Kier alpha value is -1.66. The van der Waals surface area contributed by atoms with Crippen molar-refractivity contribution in [2.24, 2.45) is 5.73 Å². The summed E-state index contributed by atoms with van der Waals surface area (Å²) in [5.74, 6) is -0.446. The third-order valence-electron chi connectivity index (χ3n) is 2.31. The van der Waals surface area contributed by atoms with Gasteiger partial charge in [0.2, 0.25) is 0 Å². The SMILES string of the molecule is COCO[C@H](c1ccccc1F)[C@@H](C)OC(N)=O. The van der Waals surface area contributed by atoms with Crippen LogP contribution in [0.3, 0.4) is 0 Å². The van der Waals surface area contributed by atoms with Gasteiger partial charge >= 0.3 is 6.09 Å². The first-order valence-corrected chi connectivity index (χ1v) is 5.37. The average molecular weight is 257 g/mol. The van der Waals surface area contributed by atoms with E-state index in [1.54, 1.807) is 25.1 Å². The van der Waals surface area contributed by atoms with Crippen molar-refractivity contribution >= 4 is 6.09 Å². The average Bonchev–Trinajstić information content (AvgIpc) is 2.31. The van der Waals surface area contributed by atoms with E-state index in [4.69, 9.17) is 19.9 Å². The van der Waals surface area contributed by atoms with E-state index in [1.807, 2.05) is 0 Å². The predicted octanol–water partition coefficient (Wildman–Crippen LogP) is 1.97. The van der Waals surface area contributed by atoms with Gasteiger partial charge in [0.1, 0.15) is 24.8 Å². The third kappa shape index (κ3) is 3.97. The van der Waals surface area contributed by atoms with Gasteiger partial charge < -0.3 is 19.9 Å². The number of rotatable bonds is 6. The van der Waals surface area contributed by atoms with Crippen LogP contribution in [0.2, 0.25) is 0 Å². The Morgan fingerprint density at radius 3 is 2.67 bits per heavy atom. The van der Waals surface area contributed by atoms with Gasteiger partial charge in [-0.15, -0.1) is 0 Å². The lowest BCUT2D eigenvalue weighted by atomic mass is 10.0. The summed E-state index contributed by atoms with van der Waals surface area (Å²) in [5, 5.41) is 0. The molecule has 1 aromatic rings. The van der Waals surface area contributed by atoms with Crippen molar-refractivity contribution in [2.45, 2.75) is 19.1 Å². The molecule has 1 amide bonds. The number of methoxy groups -OCH3 is 1. The summed E-state index contributed by atoms with van der Waals surface area (Å²) in [4.78, 5) is 10.7. The number of halogens is 1. The second-order valence-electron chi connectivity index (χ2n) is 3.66. The van der Waals surface area contributed by atoms with Crippen LogP contribution < -0.4 is 5.73 Å². The van der Waals surface area contributed by atoms with Gasteiger partial charge in [0.25, 0.3) is 0 Å². The van der Waals surface area contributed by atoms with Crippen LogP contribution in [0.15, 0.2) is 24.3 Å². The molecule has 1 aromatic carbocycles. The molecule has 0 bridgehead atoms. The smallest absolute Gasteiger partial charge is 0.404 e. The van der Waals surface area contributed by atoms with Crippen LogP contribution in [-0.2, 0) is 14.2 Å². The molecule has 0 radical (unpaired) electrons. The first kappa shape index (κ1) is 14.4. The van der Waals surface area contributed by atoms with E-state index >= 15 is 0 Å². The Kier molecular flexibility index (Phi) is 5.54. The van der Waals surface area contributed by atoms with Crippen LogP contribution in [0.25, 0.3) is 0 Å². The van der Waals surface area contributed by atoms with Gasteiger partial charge in [-0.3, -0.25) is 0 Å². The van der Waals surface area contributed by atoms with Crippen molar-refractivity contribution in [2.75, 3.05) is 13.9 Å². The van der Waals surface area contributed by atoms with E-state index in [2.05, 4.69) is 0 Å². The number of amides is 1. The zero-order valence-electron chi connectivity index (χ0n) is 10.3. The molecular weight excluding hydrogens is 241 g/mol. The van der Waals surface area contributed by atoms with Crippen LogP contribution in [0.5, 0.6) is 0 Å². The maximum absolute atomic E-state index is 13.7. The Morgan fingerprint density at radius 2 is 2.11 bits per heavy atom. The minimum Gasteiger partial charge on any atom is -0.444 e. The fraction of sp³-hybridized carbons (Fsp3) is 0.417. The highest BCUT2D eigenvalue weighted by atomic mass is 19.1. The first-order valence-electron chi connectivity index (χ1n) is 5.37. The largest absolute Gasteiger partial charge is 0.444 e. The van der Waals surface area contributed by atoms with Crippen molar-refractivity contribution in [3.8, 4) is 0 Å². The number of nitrogens with two attached hydrogens (primary N) is 1. The molecule has 0 aliphatic rings. The second kappa shape index (κ2) is 6.93. The number of hydrogen-bond acceptors (Lipinski definition) is 4. The topological polar surface area (TPSA) is 70.8 Å². The fourth-order valence-electron chi connectivity index (χ4n) is 1.57. The summed E-state index contributed by atoms with van der Waals surface area (Å²) in [7, 11) is 1.44. The van der Waals surface area contributed by atoms with E-state index in [9.17, 15) is 9.18 Å². The molecule has 0 spiro atoms. The summed E-state index contributed by atoms with van der Waals surface area (Å²) in [5.41, 5.74) is 5.22. The molecule has 1 rings (SSSR count). The summed E-state index contributed by atoms with van der Waals surface area (Å²) in [6.45, 7) is 1.52. The Morgan fingerprint density at radius 1 is 1.44 bits per heavy atom. The molecule has 0 saturated carbocycles. The van der Waals surface area contributed by atoms with Crippen molar-refractivity contribution in [1.29, 1.82) is 0 Å². The molecule has 6 heteroatoms. The Labute approximate surface area is 105 Å². The molecule has 0 saturated heterocycles. The van der Waals surface area contributed by atoms with Gasteiger partial charge in [0.05, 0.1) is 0 Å². The van der Waals surface area contributed by atoms with Gasteiger partial charge in [-0.05, 0) is 13.0 Å². The highest BCUT2D eigenvalue weighted by molar-refractivity contribution is 5.64. The summed E-state index contributed by atoms with van der Waals surface area (Å²) >= 11 is 0. The minimum atomic E-state index is -0.940. The predicted molar refractivity (Wildman–Crippen MR) is 62.2 cm³/mol. The molecule has 0 aromatic heterocycles. The maximum atomic E-state index is 13.7. The van der Waals surface area contributed by atoms with Crippen LogP contribution in [-0.4, -0.2) is 26.1 Å². The Balaban J connectivity index is 2.90. The molecular formula is C12H16FNO4. The minimum absolute atomic E-state index is 0.0501. The molecule has 0 fully saturated rings. The molecule has 0 aliphatic heterocycles.